The van der Waals surface area contributed by atoms with E-state index >= 15 is 0 Å². The molecule has 3 amide bonds. The van der Waals surface area contributed by atoms with Crippen LogP contribution in [0.2, 0.25) is 10.0 Å². The molecule has 1 aromatic heterocycles. The number of anilines is 2. The maximum absolute atomic E-state index is 13.8. The van der Waals surface area contributed by atoms with E-state index in [9.17, 15) is 18.6 Å². The lowest BCUT2D eigenvalue weighted by atomic mass is 9.96. The first-order valence-electron chi connectivity index (χ1n) is 14.7. The molecule has 1 atom stereocenters. The number of amides is 3. The number of aromatic nitrogens is 1. The summed E-state index contributed by atoms with van der Waals surface area (Å²) in [5.74, 6) is 2.76. The normalized spacial score (nSPS) is 15.0. The number of halogens is 2. The van der Waals surface area contributed by atoms with Crippen molar-refractivity contribution in [2.45, 2.75) is 24.7 Å². The zero-order chi connectivity index (χ0) is 32.8. The molecule has 1 aliphatic rings. The van der Waals surface area contributed by atoms with E-state index in [2.05, 4.69) is 38.0 Å². The van der Waals surface area contributed by atoms with Gasteiger partial charge in [-0.15, -0.1) is 0 Å². The first kappa shape index (κ1) is 33.2. The van der Waals surface area contributed by atoms with Gasteiger partial charge in [0.2, 0.25) is 5.91 Å². The SMILES string of the molecule is C=S(=O)(NC(=O)C1CCN(CC)CC1)c1ccccc1-c1ccc(C(=O)Nc2ccc(Cl)cc2C(=O)Nc2ccc(Cl)cn2)cc1. The van der Waals surface area contributed by atoms with Gasteiger partial charge >= 0.3 is 0 Å². The molecule has 3 N–H and O–H groups in total. The Hall–Kier alpha value is -4.22. The minimum absolute atomic E-state index is 0.145. The highest BCUT2D eigenvalue weighted by Gasteiger charge is 2.27. The van der Waals surface area contributed by atoms with Crippen molar-refractivity contribution in [1.29, 1.82) is 0 Å². The molecule has 0 saturated carbocycles. The van der Waals surface area contributed by atoms with Crippen molar-refractivity contribution in [1.82, 2.24) is 14.6 Å². The lowest BCUT2D eigenvalue weighted by molar-refractivity contribution is -0.124. The van der Waals surface area contributed by atoms with E-state index in [4.69, 9.17) is 23.2 Å². The summed E-state index contributed by atoms with van der Waals surface area (Å²) < 4.78 is 16.5. The predicted molar refractivity (Wildman–Crippen MR) is 185 cm³/mol. The van der Waals surface area contributed by atoms with Gasteiger partial charge in [0.15, 0.2) is 0 Å². The van der Waals surface area contributed by atoms with E-state index < -0.39 is 21.5 Å². The van der Waals surface area contributed by atoms with Gasteiger partial charge in [-0.1, -0.05) is 60.5 Å². The average Bonchev–Trinajstić information content (AvgIpc) is 3.06. The van der Waals surface area contributed by atoms with E-state index in [0.717, 1.165) is 19.6 Å². The molecule has 46 heavy (non-hydrogen) atoms. The smallest absolute Gasteiger partial charge is 0.258 e. The molecular formula is C34H33Cl2N5O4S. The molecule has 1 unspecified atom stereocenters. The Balaban J connectivity index is 1.31. The highest BCUT2D eigenvalue weighted by atomic mass is 35.5. The van der Waals surface area contributed by atoms with Crippen LogP contribution in [0.3, 0.4) is 0 Å². The molecule has 1 saturated heterocycles. The molecule has 4 aromatic rings. The number of rotatable bonds is 9. The number of likely N-dealkylation sites (tertiary alicyclic amines) is 1. The van der Waals surface area contributed by atoms with E-state index in [1.807, 2.05) is 6.07 Å². The van der Waals surface area contributed by atoms with Gasteiger partial charge in [0, 0.05) is 22.7 Å². The average molecular weight is 679 g/mol. The van der Waals surface area contributed by atoms with Gasteiger partial charge in [-0.05, 0) is 98.0 Å². The molecule has 0 bridgehead atoms. The van der Waals surface area contributed by atoms with Crippen LogP contribution in [-0.4, -0.2) is 57.3 Å². The van der Waals surface area contributed by atoms with Crippen LogP contribution in [0.1, 0.15) is 40.5 Å². The Kier molecular flexibility index (Phi) is 10.4. The van der Waals surface area contributed by atoms with Gasteiger partial charge < -0.3 is 15.5 Å². The van der Waals surface area contributed by atoms with Crippen molar-refractivity contribution < 1.29 is 18.6 Å². The van der Waals surface area contributed by atoms with Crippen molar-refractivity contribution >= 4 is 68.0 Å². The fraction of sp³-hybridized carbons (Fsp3) is 0.206. The molecule has 0 aliphatic carbocycles. The lowest BCUT2D eigenvalue weighted by Crippen LogP contribution is -2.42. The van der Waals surface area contributed by atoms with Crippen LogP contribution in [0, 0.1) is 5.92 Å². The van der Waals surface area contributed by atoms with Gasteiger partial charge in [-0.2, -0.15) is 0 Å². The number of nitrogens with one attached hydrogen (secondary N) is 3. The fourth-order valence-corrected chi connectivity index (χ4v) is 6.97. The summed E-state index contributed by atoms with van der Waals surface area (Å²) in [4.78, 5) is 46.1. The fourth-order valence-electron chi connectivity index (χ4n) is 5.25. The third-order valence-corrected chi connectivity index (χ3v) is 9.87. The first-order chi connectivity index (χ1) is 22.0. The standard InChI is InChI=1S/C34H33Cl2N5O4S/c1-3-41-18-16-24(17-19-41)33(43)40-46(2,45)30-7-5-4-6-27(30)22-8-10-23(11-9-22)32(42)38-29-14-12-25(35)20-28(29)34(44)39-31-15-13-26(36)21-37-31/h4-15,20-21,24H,2-3,16-19H2,1H3,(H,38,42)(H,37,39,44)(H,40,43,45). The molecular weight excluding hydrogens is 645 g/mol. The van der Waals surface area contributed by atoms with Crippen molar-refractivity contribution in [3.05, 3.63) is 106 Å². The zero-order valence-electron chi connectivity index (χ0n) is 25.1. The number of hydrogen-bond acceptors (Lipinski definition) is 6. The molecule has 1 fully saturated rings. The van der Waals surface area contributed by atoms with Crippen molar-refractivity contribution in [3.8, 4) is 11.1 Å². The Morgan fingerprint density at radius 3 is 2.28 bits per heavy atom. The number of carbonyl (C=O) groups excluding carboxylic acids is 3. The number of piperidine rings is 1. The van der Waals surface area contributed by atoms with Crippen LogP contribution in [0.5, 0.6) is 0 Å². The van der Waals surface area contributed by atoms with E-state index in [0.29, 0.717) is 44.5 Å². The van der Waals surface area contributed by atoms with Crippen LogP contribution in [0.25, 0.3) is 11.1 Å². The Morgan fingerprint density at radius 1 is 0.913 bits per heavy atom. The summed E-state index contributed by atoms with van der Waals surface area (Å²) in [6.07, 6.45) is 2.83. The highest BCUT2D eigenvalue weighted by Crippen LogP contribution is 2.29. The number of nitrogens with zero attached hydrogens (tertiary/aromatic N) is 2. The molecule has 9 nitrogen and oxygen atoms in total. The zero-order valence-corrected chi connectivity index (χ0v) is 27.4. The summed E-state index contributed by atoms with van der Waals surface area (Å²) in [6.45, 7) is 4.70. The largest absolute Gasteiger partial charge is 0.321 e. The van der Waals surface area contributed by atoms with Crippen molar-refractivity contribution in [3.63, 3.8) is 0 Å². The van der Waals surface area contributed by atoms with Gasteiger partial charge in [-0.3, -0.25) is 19.1 Å². The van der Waals surface area contributed by atoms with Gasteiger partial charge in [0.1, 0.15) is 5.82 Å². The van der Waals surface area contributed by atoms with Crippen LogP contribution >= 0.6 is 23.2 Å². The minimum Gasteiger partial charge on any atom is -0.321 e. The summed E-state index contributed by atoms with van der Waals surface area (Å²) in [6, 6.07) is 21.5. The Morgan fingerprint density at radius 2 is 1.61 bits per heavy atom. The van der Waals surface area contributed by atoms with Gasteiger partial charge in [0.05, 0.1) is 30.9 Å². The molecule has 2 heterocycles. The summed E-state index contributed by atoms with van der Waals surface area (Å²) in [7, 11) is -3.17. The molecule has 5 rings (SSSR count). The van der Waals surface area contributed by atoms with E-state index in [1.165, 1.54) is 12.3 Å². The molecule has 12 heteroatoms. The predicted octanol–water partition coefficient (Wildman–Crippen LogP) is 6.40. The molecule has 0 radical (unpaired) electrons. The van der Waals surface area contributed by atoms with Crippen LogP contribution in [-0.2, 0) is 14.5 Å². The highest BCUT2D eigenvalue weighted by molar-refractivity contribution is 7.99. The van der Waals surface area contributed by atoms with Crippen LogP contribution in [0.15, 0.2) is 90.0 Å². The third kappa shape index (κ3) is 7.94. The first-order valence-corrected chi connectivity index (χ1v) is 17.2. The molecule has 238 valence electrons. The maximum Gasteiger partial charge on any atom is 0.258 e. The van der Waals surface area contributed by atoms with E-state index in [-0.39, 0.29) is 28.9 Å². The topological polar surface area (TPSA) is 121 Å². The van der Waals surface area contributed by atoms with Crippen LogP contribution in [0.4, 0.5) is 11.5 Å². The molecule has 0 spiro atoms. The summed E-state index contributed by atoms with van der Waals surface area (Å²) in [5.41, 5.74) is 2.04. The van der Waals surface area contributed by atoms with Crippen molar-refractivity contribution in [2.24, 2.45) is 5.92 Å². The quantitative estimate of drug-likeness (QED) is 0.176. The lowest BCUT2D eigenvalue weighted by Gasteiger charge is -2.30. The minimum atomic E-state index is -3.17. The molecule has 3 aromatic carbocycles. The monoisotopic (exact) mass is 677 g/mol. The number of hydrogen-bond donors (Lipinski definition) is 3. The van der Waals surface area contributed by atoms with Crippen molar-refractivity contribution in [2.75, 3.05) is 30.3 Å². The third-order valence-electron chi connectivity index (χ3n) is 7.81. The second kappa shape index (κ2) is 14.5. The second-order valence-electron chi connectivity index (χ2n) is 10.9. The second-order valence-corrected chi connectivity index (χ2v) is 13.8. The molecule has 1 aliphatic heterocycles. The van der Waals surface area contributed by atoms with E-state index in [1.54, 1.807) is 66.7 Å². The number of carbonyl (C=O) groups is 3. The van der Waals surface area contributed by atoms with Gasteiger partial charge in [-0.25, -0.2) is 9.19 Å². The Bertz CT molecular complexity index is 1860. The van der Waals surface area contributed by atoms with Gasteiger partial charge in [0.25, 0.3) is 11.8 Å². The Labute approximate surface area is 278 Å². The summed E-state index contributed by atoms with van der Waals surface area (Å²) >= 11 is 12.0. The number of pyridine rings is 1. The van der Waals surface area contributed by atoms with Crippen LogP contribution < -0.4 is 15.4 Å². The maximum atomic E-state index is 13.8. The summed E-state index contributed by atoms with van der Waals surface area (Å²) in [5, 5.41) is 6.19. The number of benzene rings is 3.